The van der Waals surface area contributed by atoms with Gasteiger partial charge in [0.1, 0.15) is 11.3 Å². The normalized spacial score (nSPS) is 9.93. The zero-order valence-corrected chi connectivity index (χ0v) is 16.5. The third kappa shape index (κ3) is 6.22. The van der Waals surface area contributed by atoms with Crippen molar-refractivity contribution in [3.63, 3.8) is 0 Å². The molecule has 1 aromatic carbocycles. The number of nitrogens with one attached hydrogen (secondary N) is 2. The molecule has 3 rings (SSSR count). The summed E-state index contributed by atoms with van der Waals surface area (Å²) in [7, 11) is 0. The number of amides is 2. The van der Waals surface area contributed by atoms with Crippen molar-refractivity contribution in [3.05, 3.63) is 42.6 Å². The van der Waals surface area contributed by atoms with Gasteiger partial charge in [0.2, 0.25) is 5.91 Å². The Morgan fingerprint density at radius 3 is 2.41 bits per heavy atom. The van der Waals surface area contributed by atoms with Gasteiger partial charge in [-0.25, -0.2) is 14.8 Å². The molecule has 3 N–H and O–H groups in total. The zero-order chi connectivity index (χ0) is 21.2. The number of carbonyl (C=O) groups excluding carboxylic acids is 2. The van der Waals surface area contributed by atoms with Gasteiger partial charge in [-0.05, 0) is 13.8 Å². The highest BCUT2D eigenvalue weighted by Crippen LogP contribution is 2.25. The Morgan fingerprint density at radius 2 is 1.79 bits per heavy atom. The van der Waals surface area contributed by atoms with Gasteiger partial charge in [-0.2, -0.15) is 0 Å². The summed E-state index contributed by atoms with van der Waals surface area (Å²) in [6.45, 7) is 5.23. The predicted octanol–water partition coefficient (Wildman–Crippen LogP) is 3.22. The molecule has 0 unspecified atom stereocenters. The van der Waals surface area contributed by atoms with Gasteiger partial charge in [0.15, 0.2) is 5.82 Å². The molecule has 152 valence electrons. The van der Waals surface area contributed by atoms with Crippen molar-refractivity contribution >= 4 is 34.7 Å². The number of carbonyl (C=O) groups is 2. The van der Waals surface area contributed by atoms with E-state index in [9.17, 15) is 9.59 Å². The van der Waals surface area contributed by atoms with Gasteiger partial charge in [0.05, 0.1) is 24.0 Å². The number of aromatic nitrogens is 3. The van der Waals surface area contributed by atoms with Crippen molar-refractivity contribution in [1.29, 1.82) is 0 Å². The number of hydrogen-bond donors (Lipinski definition) is 3. The van der Waals surface area contributed by atoms with Crippen LogP contribution in [0.1, 0.15) is 20.8 Å². The van der Waals surface area contributed by atoms with Crippen LogP contribution in [0.5, 0.6) is 0 Å². The molecule has 29 heavy (non-hydrogen) atoms. The molecule has 2 amide bonds. The van der Waals surface area contributed by atoms with Gasteiger partial charge in [0.25, 0.3) is 0 Å². The highest BCUT2D eigenvalue weighted by Gasteiger charge is 2.13. The standard InChI is InChI=1S/C18H17N5O3.C2H6O/c1-3-26-18(25)23-15-9-13-16(17(22-15)20-11(2)24)21-14(10-19-13)12-7-5-4-6-8-12;1-2-3/h4-10H,3H2,1-2H3,(H2,20,22,23,24,25);3H,2H2,1H3. The van der Waals surface area contributed by atoms with Crippen molar-refractivity contribution < 1.29 is 19.4 Å². The highest BCUT2D eigenvalue weighted by molar-refractivity contribution is 5.99. The first kappa shape index (κ1) is 21.7. The van der Waals surface area contributed by atoms with Crippen LogP contribution in [0.2, 0.25) is 0 Å². The number of ether oxygens (including phenoxy) is 1. The van der Waals surface area contributed by atoms with E-state index in [1.165, 1.54) is 6.92 Å². The fourth-order valence-corrected chi connectivity index (χ4v) is 2.35. The Morgan fingerprint density at radius 1 is 1.10 bits per heavy atom. The van der Waals surface area contributed by atoms with E-state index in [-0.39, 0.29) is 30.8 Å². The average Bonchev–Trinajstić information content (AvgIpc) is 2.69. The minimum atomic E-state index is -0.637. The molecule has 0 atom stereocenters. The van der Waals surface area contributed by atoms with E-state index in [1.54, 1.807) is 26.1 Å². The fraction of sp³-hybridized carbons (Fsp3) is 0.250. The molecule has 2 heterocycles. The molecule has 9 nitrogen and oxygen atoms in total. The Hall–Kier alpha value is -3.59. The summed E-state index contributed by atoms with van der Waals surface area (Å²) in [6, 6.07) is 11.1. The van der Waals surface area contributed by atoms with Crippen molar-refractivity contribution in [3.8, 4) is 11.3 Å². The number of benzene rings is 1. The van der Waals surface area contributed by atoms with E-state index >= 15 is 0 Å². The average molecular weight is 397 g/mol. The molecular weight excluding hydrogens is 374 g/mol. The van der Waals surface area contributed by atoms with Crippen LogP contribution in [-0.2, 0) is 9.53 Å². The minimum absolute atomic E-state index is 0.210. The topological polar surface area (TPSA) is 126 Å². The van der Waals surface area contributed by atoms with Crippen LogP contribution < -0.4 is 10.6 Å². The van der Waals surface area contributed by atoms with Crippen molar-refractivity contribution in [2.24, 2.45) is 0 Å². The smallest absolute Gasteiger partial charge is 0.412 e. The van der Waals surface area contributed by atoms with Crippen LogP contribution in [-0.4, -0.2) is 45.3 Å². The number of pyridine rings is 1. The molecule has 0 radical (unpaired) electrons. The predicted molar refractivity (Wildman–Crippen MR) is 110 cm³/mol. The Balaban J connectivity index is 0.000000941. The van der Waals surface area contributed by atoms with Crippen LogP contribution >= 0.6 is 0 Å². The van der Waals surface area contributed by atoms with Crippen LogP contribution in [0.3, 0.4) is 0 Å². The second-order valence-corrected chi connectivity index (χ2v) is 5.69. The maximum absolute atomic E-state index is 11.6. The molecule has 0 spiro atoms. The number of nitrogens with zero attached hydrogens (tertiary/aromatic N) is 3. The Bertz CT molecular complexity index is 979. The summed E-state index contributed by atoms with van der Waals surface area (Å²) < 4.78 is 4.84. The third-order valence-electron chi connectivity index (χ3n) is 3.40. The first-order valence-corrected chi connectivity index (χ1v) is 9.03. The van der Waals surface area contributed by atoms with Crippen LogP contribution in [0.4, 0.5) is 16.4 Å². The van der Waals surface area contributed by atoms with E-state index in [1.807, 2.05) is 30.3 Å². The first-order chi connectivity index (χ1) is 14.0. The van der Waals surface area contributed by atoms with Crippen LogP contribution in [0.25, 0.3) is 22.3 Å². The molecule has 0 bridgehead atoms. The van der Waals surface area contributed by atoms with Crippen LogP contribution in [0, 0.1) is 0 Å². The SMILES string of the molecule is CCO.CCOC(=O)Nc1cc2ncc(-c3ccccc3)nc2c(NC(C)=O)n1. The first-order valence-electron chi connectivity index (χ1n) is 9.03. The quantitative estimate of drug-likeness (QED) is 0.617. The van der Waals surface area contributed by atoms with E-state index in [2.05, 4.69) is 25.6 Å². The zero-order valence-electron chi connectivity index (χ0n) is 16.5. The maximum Gasteiger partial charge on any atom is 0.412 e. The maximum atomic E-state index is 11.6. The molecule has 9 heteroatoms. The number of rotatable bonds is 4. The Kier molecular flexibility index (Phi) is 7.99. The minimum Gasteiger partial charge on any atom is -0.450 e. The highest BCUT2D eigenvalue weighted by atomic mass is 16.5. The lowest BCUT2D eigenvalue weighted by Crippen LogP contribution is -2.16. The third-order valence-corrected chi connectivity index (χ3v) is 3.40. The molecule has 0 aliphatic heterocycles. The molecule has 0 aliphatic carbocycles. The largest absolute Gasteiger partial charge is 0.450 e. The van der Waals surface area contributed by atoms with Gasteiger partial charge in [-0.15, -0.1) is 0 Å². The second kappa shape index (κ2) is 10.7. The van der Waals surface area contributed by atoms with E-state index in [0.29, 0.717) is 16.7 Å². The summed E-state index contributed by atoms with van der Waals surface area (Å²) in [6.07, 6.45) is 0.991. The van der Waals surface area contributed by atoms with E-state index in [4.69, 9.17) is 9.84 Å². The molecule has 0 saturated heterocycles. The lowest BCUT2D eigenvalue weighted by molar-refractivity contribution is -0.114. The molecular formula is C20H23N5O4. The van der Waals surface area contributed by atoms with Gasteiger partial charge < -0.3 is 15.2 Å². The molecule has 0 fully saturated rings. The number of aliphatic hydroxyl groups excluding tert-OH is 1. The van der Waals surface area contributed by atoms with Crippen molar-refractivity contribution in [1.82, 2.24) is 15.0 Å². The van der Waals surface area contributed by atoms with Gasteiger partial charge >= 0.3 is 6.09 Å². The van der Waals surface area contributed by atoms with Crippen molar-refractivity contribution in [2.75, 3.05) is 23.8 Å². The molecule has 2 aromatic heterocycles. The second-order valence-electron chi connectivity index (χ2n) is 5.69. The van der Waals surface area contributed by atoms with E-state index < -0.39 is 6.09 Å². The molecule has 0 saturated carbocycles. The summed E-state index contributed by atoms with van der Waals surface area (Å²) >= 11 is 0. The number of hydrogen-bond acceptors (Lipinski definition) is 7. The fourth-order valence-electron chi connectivity index (χ4n) is 2.35. The molecule has 0 aliphatic rings. The van der Waals surface area contributed by atoms with Gasteiger partial charge in [0, 0.05) is 25.2 Å². The van der Waals surface area contributed by atoms with Gasteiger partial charge in [-0.3, -0.25) is 15.1 Å². The number of anilines is 2. The summed E-state index contributed by atoms with van der Waals surface area (Å²) in [5.74, 6) is 0.118. The monoisotopic (exact) mass is 397 g/mol. The number of aliphatic hydroxyl groups is 1. The summed E-state index contributed by atoms with van der Waals surface area (Å²) in [4.78, 5) is 36.4. The molecule has 3 aromatic rings. The summed E-state index contributed by atoms with van der Waals surface area (Å²) in [5, 5.41) is 12.7. The number of fused-ring (bicyclic) bond motifs is 1. The summed E-state index contributed by atoms with van der Waals surface area (Å²) in [5.41, 5.74) is 2.45. The Labute approximate surface area is 168 Å². The van der Waals surface area contributed by atoms with Crippen molar-refractivity contribution in [2.45, 2.75) is 20.8 Å². The van der Waals surface area contributed by atoms with Gasteiger partial charge in [-0.1, -0.05) is 30.3 Å². The lowest BCUT2D eigenvalue weighted by Gasteiger charge is -2.10. The lowest BCUT2D eigenvalue weighted by atomic mass is 10.1. The van der Waals surface area contributed by atoms with E-state index in [0.717, 1.165) is 5.56 Å². The van der Waals surface area contributed by atoms with Crippen LogP contribution in [0.15, 0.2) is 42.6 Å².